The summed E-state index contributed by atoms with van der Waals surface area (Å²) in [4.78, 5) is 2.86. The maximum absolute atomic E-state index is 3.87. The zero-order chi connectivity index (χ0) is 13.3. The second kappa shape index (κ2) is 5.50. The normalized spacial score (nSPS) is 36.7. The predicted molar refractivity (Wildman–Crippen MR) is 78.8 cm³/mol. The highest BCUT2D eigenvalue weighted by Gasteiger charge is 2.43. The van der Waals surface area contributed by atoms with Gasteiger partial charge >= 0.3 is 0 Å². The second-order valence-electron chi connectivity index (χ2n) is 7.08. The summed E-state index contributed by atoms with van der Waals surface area (Å²) in [6, 6.07) is 1.61. The molecule has 0 bridgehead atoms. The van der Waals surface area contributed by atoms with Crippen molar-refractivity contribution in [2.75, 3.05) is 13.1 Å². The molecule has 0 aromatic heterocycles. The highest BCUT2D eigenvalue weighted by Crippen LogP contribution is 2.37. The molecule has 1 aliphatic carbocycles. The molecular formula is C16H32N2. The first-order valence-electron chi connectivity index (χ1n) is 8.02. The lowest BCUT2D eigenvalue weighted by molar-refractivity contribution is -0.0252. The summed E-state index contributed by atoms with van der Waals surface area (Å²) in [5, 5.41) is 3.87. The quantitative estimate of drug-likeness (QED) is 0.826. The molecule has 18 heavy (non-hydrogen) atoms. The van der Waals surface area contributed by atoms with Gasteiger partial charge in [0.25, 0.3) is 0 Å². The zero-order valence-electron chi connectivity index (χ0n) is 13.0. The Labute approximate surface area is 114 Å². The fourth-order valence-electron chi connectivity index (χ4n) is 3.83. The smallest absolute Gasteiger partial charge is 0.0304 e. The van der Waals surface area contributed by atoms with Gasteiger partial charge in [0.05, 0.1) is 0 Å². The first-order valence-corrected chi connectivity index (χ1v) is 8.02. The van der Waals surface area contributed by atoms with Crippen LogP contribution in [0.4, 0.5) is 0 Å². The van der Waals surface area contributed by atoms with Crippen LogP contribution in [0.3, 0.4) is 0 Å². The van der Waals surface area contributed by atoms with Crippen LogP contribution in [0, 0.1) is 11.8 Å². The minimum atomic E-state index is 0.379. The van der Waals surface area contributed by atoms with Gasteiger partial charge in [0.2, 0.25) is 0 Å². The molecular weight excluding hydrogens is 220 g/mol. The first-order chi connectivity index (χ1) is 8.51. The van der Waals surface area contributed by atoms with Gasteiger partial charge in [-0.2, -0.15) is 0 Å². The van der Waals surface area contributed by atoms with Gasteiger partial charge in [-0.25, -0.2) is 0 Å². The summed E-state index contributed by atoms with van der Waals surface area (Å²) >= 11 is 0. The Morgan fingerprint density at radius 3 is 2.28 bits per heavy atom. The summed E-state index contributed by atoms with van der Waals surface area (Å²) in [5.74, 6) is 1.72. The molecule has 1 N–H and O–H groups in total. The topological polar surface area (TPSA) is 15.3 Å². The van der Waals surface area contributed by atoms with Gasteiger partial charge in [0.1, 0.15) is 0 Å². The van der Waals surface area contributed by atoms with Crippen molar-refractivity contribution in [2.45, 2.75) is 77.9 Å². The van der Waals surface area contributed by atoms with E-state index in [1.54, 1.807) is 0 Å². The summed E-state index contributed by atoms with van der Waals surface area (Å²) in [7, 11) is 0. The van der Waals surface area contributed by atoms with Crippen LogP contribution in [0.5, 0.6) is 0 Å². The molecule has 1 saturated carbocycles. The molecule has 2 nitrogen and oxygen atoms in total. The van der Waals surface area contributed by atoms with Gasteiger partial charge in [-0.3, -0.25) is 4.90 Å². The van der Waals surface area contributed by atoms with Crippen molar-refractivity contribution in [3.05, 3.63) is 0 Å². The highest BCUT2D eigenvalue weighted by atomic mass is 15.3. The Balaban J connectivity index is 2.08. The zero-order valence-corrected chi connectivity index (χ0v) is 13.0. The standard InChI is InChI=1S/C16H32N2/c1-6-16(7-2)11-18(14-8-13(5)9-14)15(10-17-16)12(3)4/h12-15,17H,6-11H2,1-5H3. The molecule has 0 aromatic carbocycles. The molecule has 1 heterocycles. The van der Waals surface area contributed by atoms with E-state index < -0.39 is 0 Å². The van der Waals surface area contributed by atoms with E-state index in [9.17, 15) is 0 Å². The SMILES string of the molecule is CCC1(CC)CN(C2CC(C)C2)C(C(C)C)CN1. The number of nitrogens with one attached hydrogen (secondary N) is 1. The highest BCUT2D eigenvalue weighted by molar-refractivity contribution is 5.01. The third-order valence-electron chi connectivity index (χ3n) is 5.54. The average molecular weight is 252 g/mol. The molecule has 2 heteroatoms. The monoisotopic (exact) mass is 252 g/mol. The van der Waals surface area contributed by atoms with Crippen molar-refractivity contribution < 1.29 is 0 Å². The van der Waals surface area contributed by atoms with Crippen LogP contribution in [0.2, 0.25) is 0 Å². The fraction of sp³-hybridized carbons (Fsp3) is 1.00. The summed E-state index contributed by atoms with van der Waals surface area (Å²) in [6.45, 7) is 14.3. The third kappa shape index (κ3) is 2.60. The van der Waals surface area contributed by atoms with Gasteiger partial charge in [-0.1, -0.05) is 34.6 Å². The molecule has 1 atom stereocenters. The van der Waals surface area contributed by atoms with Gasteiger partial charge in [-0.05, 0) is 37.5 Å². The molecule has 2 rings (SSSR count). The van der Waals surface area contributed by atoms with Crippen molar-refractivity contribution in [1.29, 1.82) is 0 Å². The van der Waals surface area contributed by atoms with E-state index in [0.717, 1.165) is 23.9 Å². The number of hydrogen-bond acceptors (Lipinski definition) is 2. The number of rotatable bonds is 4. The Kier molecular flexibility index (Phi) is 4.38. The fourth-order valence-corrected chi connectivity index (χ4v) is 3.83. The van der Waals surface area contributed by atoms with Gasteiger partial charge in [-0.15, -0.1) is 0 Å². The van der Waals surface area contributed by atoms with Crippen LogP contribution in [-0.2, 0) is 0 Å². The molecule has 2 aliphatic rings. The second-order valence-corrected chi connectivity index (χ2v) is 7.08. The van der Waals surface area contributed by atoms with Crippen LogP contribution in [-0.4, -0.2) is 35.6 Å². The van der Waals surface area contributed by atoms with Crippen molar-refractivity contribution in [3.8, 4) is 0 Å². The van der Waals surface area contributed by atoms with Crippen LogP contribution < -0.4 is 5.32 Å². The Hall–Kier alpha value is -0.0800. The molecule has 0 spiro atoms. The molecule has 2 fully saturated rings. The van der Waals surface area contributed by atoms with E-state index in [1.165, 1.54) is 38.8 Å². The van der Waals surface area contributed by atoms with Gasteiger partial charge in [0, 0.05) is 30.7 Å². The number of nitrogens with zero attached hydrogens (tertiary/aromatic N) is 1. The maximum atomic E-state index is 3.87. The van der Waals surface area contributed by atoms with Crippen LogP contribution in [0.25, 0.3) is 0 Å². The van der Waals surface area contributed by atoms with E-state index in [-0.39, 0.29) is 0 Å². The number of hydrogen-bond donors (Lipinski definition) is 1. The summed E-state index contributed by atoms with van der Waals surface area (Å²) in [6.07, 6.45) is 5.36. The van der Waals surface area contributed by atoms with E-state index in [2.05, 4.69) is 44.8 Å². The van der Waals surface area contributed by atoms with Crippen molar-refractivity contribution in [2.24, 2.45) is 11.8 Å². The Morgan fingerprint density at radius 1 is 1.22 bits per heavy atom. The minimum absolute atomic E-state index is 0.379. The Morgan fingerprint density at radius 2 is 1.83 bits per heavy atom. The molecule has 1 unspecified atom stereocenters. The van der Waals surface area contributed by atoms with Gasteiger partial charge in [0.15, 0.2) is 0 Å². The average Bonchev–Trinajstić information content (AvgIpc) is 2.34. The maximum Gasteiger partial charge on any atom is 0.0304 e. The lowest BCUT2D eigenvalue weighted by atomic mass is 9.77. The third-order valence-corrected chi connectivity index (χ3v) is 5.54. The van der Waals surface area contributed by atoms with E-state index in [0.29, 0.717) is 5.54 Å². The van der Waals surface area contributed by atoms with E-state index in [4.69, 9.17) is 0 Å². The van der Waals surface area contributed by atoms with Gasteiger partial charge < -0.3 is 5.32 Å². The Bertz CT molecular complexity index is 264. The van der Waals surface area contributed by atoms with Crippen LogP contribution >= 0.6 is 0 Å². The lowest BCUT2D eigenvalue weighted by Crippen LogP contribution is -2.68. The minimum Gasteiger partial charge on any atom is -0.308 e. The van der Waals surface area contributed by atoms with E-state index in [1.807, 2.05) is 0 Å². The molecule has 0 amide bonds. The summed E-state index contributed by atoms with van der Waals surface area (Å²) in [5.41, 5.74) is 0.379. The molecule has 0 aromatic rings. The molecule has 106 valence electrons. The molecule has 1 saturated heterocycles. The van der Waals surface area contributed by atoms with Crippen LogP contribution in [0.1, 0.15) is 60.3 Å². The molecule has 0 radical (unpaired) electrons. The lowest BCUT2D eigenvalue weighted by Gasteiger charge is -2.55. The largest absolute Gasteiger partial charge is 0.308 e. The first kappa shape index (κ1) is 14.3. The van der Waals surface area contributed by atoms with Crippen molar-refractivity contribution in [1.82, 2.24) is 10.2 Å². The van der Waals surface area contributed by atoms with Crippen molar-refractivity contribution in [3.63, 3.8) is 0 Å². The van der Waals surface area contributed by atoms with E-state index >= 15 is 0 Å². The predicted octanol–water partition coefficient (Wildman–Crippen LogP) is 3.27. The molecule has 1 aliphatic heterocycles. The number of piperazine rings is 1. The van der Waals surface area contributed by atoms with Crippen LogP contribution in [0.15, 0.2) is 0 Å². The summed E-state index contributed by atoms with van der Waals surface area (Å²) < 4.78 is 0. The van der Waals surface area contributed by atoms with Crippen molar-refractivity contribution >= 4 is 0 Å².